The van der Waals surface area contributed by atoms with E-state index < -0.39 is 10.0 Å². The first-order chi connectivity index (χ1) is 6.88. The molecule has 0 heterocycles. The van der Waals surface area contributed by atoms with E-state index >= 15 is 0 Å². The lowest BCUT2D eigenvalue weighted by atomic mass is 10.4. The second-order valence-corrected chi connectivity index (χ2v) is 5.79. The summed E-state index contributed by atoms with van der Waals surface area (Å²) in [4.78, 5) is 2.04. The highest BCUT2D eigenvalue weighted by Crippen LogP contribution is 1.99. The van der Waals surface area contributed by atoms with Crippen molar-refractivity contribution in [2.75, 3.05) is 53.7 Å². The van der Waals surface area contributed by atoms with Gasteiger partial charge < -0.3 is 9.64 Å². The first-order valence-electron chi connectivity index (χ1n) is 4.96. The molecule has 5 nitrogen and oxygen atoms in total. The first-order valence-corrected chi connectivity index (χ1v) is 6.81. The number of nitrogens with zero attached hydrogens (tertiary/aromatic N) is 2. The fourth-order valence-corrected chi connectivity index (χ4v) is 2.07. The van der Waals surface area contributed by atoms with Crippen molar-refractivity contribution in [2.24, 2.45) is 0 Å². The summed E-state index contributed by atoms with van der Waals surface area (Å²) in [6.07, 6.45) is 2.07. The molecule has 0 radical (unpaired) electrons. The zero-order valence-corrected chi connectivity index (χ0v) is 10.9. The van der Waals surface area contributed by atoms with Crippen LogP contribution < -0.4 is 0 Å². The molecule has 0 atom stereocenters. The summed E-state index contributed by atoms with van der Waals surface area (Å²) < 4.78 is 29.1. The summed E-state index contributed by atoms with van der Waals surface area (Å²) in [7, 11) is 2.41. The highest BCUT2D eigenvalue weighted by Gasteiger charge is 2.15. The van der Waals surface area contributed by atoms with Crippen molar-refractivity contribution in [1.82, 2.24) is 9.21 Å². The Balaban J connectivity index is 4.03. The van der Waals surface area contributed by atoms with E-state index in [-0.39, 0.29) is 0 Å². The molecular formula is C9H22N2O3S. The van der Waals surface area contributed by atoms with Gasteiger partial charge in [0.2, 0.25) is 10.0 Å². The lowest BCUT2D eigenvalue weighted by Crippen LogP contribution is -2.35. The fraction of sp³-hybridized carbons (Fsp3) is 1.00. The van der Waals surface area contributed by atoms with Crippen LogP contribution >= 0.6 is 0 Å². The molecule has 0 aromatic rings. The van der Waals surface area contributed by atoms with Crippen molar-refractivity contribution in [3.63, 3.8) is 0 Å². The topological polar surface area (TPSA) is 49.9 Å². The van der Waals surface area contributed by atoms with Crippen LogP contribution in [0.2, 0.25) is 0 Å². The average Bonchev–Trinajstić information content (AvgIpc) is 2.08. The van der Waals surface area contributed by atoms with Gasteiger partial charge in [-0.25, -0.2) is 8.42 Å². The molecule has 0 bridgehead atoms. The SMILES string of the molecule is COCCN(CCCN(C)C)S(C)(=O)=O. The van der Waals surface area contributed by atoms with Crippen molar-refractivity contribution >= 4 is 10.0 Å². The minimum absolute atomic E-state index is 0.433. The molecule has 0 aromatic carbocycles. The van der Waals surface area contributed by atoms with Gasteiger partial charge in [-0.3, -0.25) is 0 Å². The third kappa shape index (κ3) is 7.72. The molecule has 0 aromatic heterocycles. The number of hydrogen-bond donors (Lipinski definition) is 0. The Morgan fingerprint density at radius 3 is 2.13 bits per heavy atom. The van der Waals surface area contributed by atoms with Crippen LogP contribution in [-0.4, -0.2) is 71.3 Å². The highest BCUT2D eigenvalue weighted by molar-refractivity contribution is 7.88. The van der Waals surface area contributed by atoms with Crippen molar-refractivity contribution in [3.8, 4) is 0 Å². The van der Waals surface area contributed by atoms with Gasteiger partial charge in [-0.05, 0) is 27.1 Å². The molecule has 0 fully saturated rings. The third-order valence-corrected chi connectivity index (χ3v) is 3.33. The molecule has 0 amide bonds. The van der Waals surface area contributed by atoms with Crippen LogP contribution in [0.4, 0.5) is 0 Å². The Morgan fingerprint density at radius 2 is 1.73 bits per heavy atom. The Bertz CT molecular complexity index is 252. The molecule has 0 saturated carbocycles. The van der Waals surface area contributed by atoms with Crippen molar-refractivity contribution in [3.05, 3.63) is 0 Å². The summed E-state index contributed by atoms with van der Waals surface area (Å²) in [5.41, 5.74) is 0. The predicted molar refractivity (Wildman–Crippen MR) is 61.5 cm³/mol. The number of sulfonamides is 1. The van der Waals surface area contributed by atoms with Gasteiger partial charge in [-0.2, -0.15) is 4.31 Å². The van der Waals surface area contributed by atoms with Gasteiger partial charge in [0.1, 0.15) is 0 Å². The van der Waals surface area contributed by atoms with Crippen LogP contribution in [0.25, 0.3) is 0 Å². The van der Waals surface area contributed by atoms with Crippen LogP contribution in [0.3, 0.4) is 0 Å². The summed E-state index contributed by atoms with van der Waals surface area (Å²) in [5, 5.41) is 0. The average molecular weight is 238 g/mol. The van der Waals surface area contributed by atoms with Crippen LogP contribution in [0.1, 0.15) is 6.42 Å². The van der Waals surface area contributed by atoms with E-state index in [2.05, 4.69) is 0 Å². The number of methoxy groups -OCH3 is 1. The summed E-state index contributed by atoms with van der Waals surface area (Å²) in [6.45, 7) is 2.32. The van der Waals surface area contributed by atoms with Gasteiger partial charge in [0.25, 0.3) is 0 Å². The second-order valence-electron chi connectivity index (χ2n) is 3.81. The van der Waals surface area contributed by atoms with E-state index in [0.717, 1.165) is 13.0 Å². The summed E-state index contributed by atoms with van der Waals surface area (Å²) >= 11 is 0. The minimum atomic E-state index is -3.10. The Kier molecular flexibility index (Phi) is 7.08. The van der Waals surface area contributed by atoms with Crippen LogP contribution in [0, 0.1) is 0 Å². The molecule has 15 heavy (non-hydrogen) atoms. The maximum absolute atomic E-state index is 11.4. The van der Waals surface area contributed by atoms with Gasteiger partial charge >= 0.3 is 0 Å². The van der Waals surface area contributed by atoms with Gasteiger partial charge in [0.15, 0.2) is 0 Å². The third-order valence-electron chi connectivity index (χ3n) is 2.03. The summed E-state index contributed by atoms with van der Waals surface area (Å²) in [6, 6.07) is 0. The van der Waals surface area contributed by atoms with Gasteiger partial charge in [0.05, 0.1) is 12.9 Å². The maximum atomic E-state index is 11.4. The number of ether oxygens (including phenoxy) is 1. The monoisotopic (exact) mass is 238 g/mol. The molecule has 0 rings (SSSR count). The Hall–Kier alpha value is -0.170. The van der Waals surface area contributed by atoms with Crippen molar-refractivity contribution < 1.29 is 13.2 Å². The van der Waals surface area contributed by atoms with Crippen LogP contribution in [-0.2, 0) is 14.8 Å². The standard InChI is InChI=1S/C9H22N2O3S/c1-10(2)6-5-7-11(8-9-14-3)15(4,12)13/h5-9H2,1-4H3. The first kappa shape index (κ1) is 14.8. The van der Waals surface area contributed by atoms with E-state index in [1.807, 2.05) is 19.0 Å². The van der Waals surface area contributed by atoms with Crippen LogP contribution in [0.15, 0.2) is 0 Å². The lowest BCUT2D eigenvalue weighted by molar-refractivity contribution is 0.177. The molecule has 0 aliphatic heterocycles. The van der Waals surface area contributed by atoms with Gasteiger partial charge in [-0.1, -0.05) is 0 Å². The molecule has 0 N–H and O–H groups in total. The van der Waals surface area contributed by atoms with E-state index in [0.29, 0.717) is 19.7 Å². The molecule has 0 spiro atoms. The molecule has 0 aliphatic rings. The minimum Gasteiger partial charge on any atom is -0.383 e. The zero-order chi connectivity index (χ0) is 11.9. The Morgan fingerprint density at radius 1 is 1.13 bits per heavy atom. The van der Waals surface area contributed by atoms with Gasteiger partial charge in [-0.15, -0.1) is 0 Å². The molecule has 0 unspecified atom stereocenters. The van der Waals surface area contributed by atoms with Gasteiger partial charge in [0, 0.05) is 20.2 Å². The maximum Gasteiger partial charge on any atom is 0.211 e. The molecule has 92 valence electrons. The zero-order valence-electron chi connectivity index (χ0n) is 10.1. The van der Waals surface area contributed by atoms with E-state index in [1.54, 1.807) is 7.11 Å². The number of rotatable bonds is 8. The number of hydrogen-bond acceptors (Lipinski definition) is 4. The molecule has 6 heteroatoms. The molecule has 0 aliphatic carbocycles. The Labute approximate surface area is 93.1 Å². The predicted octanol–water partition coefficient (Wildman–Crippen LogP) is -0.154. The van der Waals surface area contributed by atoms with E-state index in [9.17, 15) is 8.42 Å². The largest absolute Gasteiger partial charge is 0.383 e. The molecular weight excluding hydrogens is 216 g/mol. The second kappa shape index (κ2) is 7.16. The normalized spacial score (nSPS) is 12.7. The van der Waals surface area contributed by atoms with Crippen LogP contribution in [0.5, 0.6) is 0 Å². The molecule has 0 saturated heterocycles. The van der Waals surface area contributed by atoms with E-state index in [4.69, 9.17) is 4.74 Å². The fourth-order valence-electron chi connectivity index (χ4n) is 1.20. The van der Waals surface area contributed by atoms with Crippen molar-refractivity contribution in [2.45, 2.75) is 6.42 Å². The highest BCUT2D eigenvalue weighted by atomic mass is 32.2. The van der Waals surface area contributed by atoms with E-state index in [1.165, 1.54) is 10.6 Å². The quantitative estimate of drug-likeness (QED) is 0.590. The smallest absolute Gasteiger partial charge is 0.211 e. The lowest BCUT2D eigenvalue weighted by Gasteiger charge is -2.20. The summed E-state index contributed by atoms with van der Waals surface area (Å²) in [5.74, 6) is 0. The van der Waals surface area contributed by atoms with Crippen molar-refractivity contribution in [1.29, 1.82) is 0 Å².